The number of ketones is 2. The van der Waals surface area contributed by atoms with Crippen LogP contribution in [0.15, 0.2) is 23.8 Å². The zero-order chi connectivity index (χ0) is 27.7. The van der Waals surface area contributed by atoms with E-state index in [2.05, 4.69) is 6.92 Å². The van der Waals surface area contributed by atoms with Gasteiger partial charge in [0.15, 0.2) is 18.0 Å². The van der Waals surface area contributed by atoms with Gasteiger partial charge >= 0.3 is 12.1 Å². The Balaban J connectivity index is 1.65. The third kappa shape index (κ3) is 4.74. The molecule has 8 heteroatoms. The van der Waals surface area contributed by atoms with Gasteiger partial charge in [0.25, 0.3) is 0 Å². The topological polar surface area (TPSA) is 116 Å². The molecule has 0 bridgehead atoms. The molecule has 4 aliphatic carbocycles. The van der Waals surface area contributed by atoms with Crippen LogP contribution in [0, 0.1) is 28.6 Å². The third-order valence-electron chi connectivity index (χ3n) is 9.85. The average Bonchev–Trinajstić information content (AvgIpc) is 3.17. The molecular formula is C30H42O8. The number of hydrogen-bond donors (Lipinski definition) is 1. The van der Waals surface area contributed by atoms with Crippen molar-refractivity contribution in [3.63, 3.8) is 0 Å². The second-order valence-corrected chi connectivity index (χ2v) is 12.0. The number of esters is 1. The van der Waals surface area contributed by atoms with Crippen molar-refractivity contribution in [2.24, 2.45) is 28.6 Å². The van der Waals surface area contributed by atoms with Crippen molar-refractivity contribution in [3.8, 4) is 0 Å². The minimum atomic E-state index is -1.56. The van der Waals surface area contributed by atoms with Gasteiger partial charge in [-0.25, -0.2) is 4.79 Å². The molecule has 4 aliphatic rings. The Morgan fingerprint density at radius 2 is 1.87 bits per heavy atom. The number of aliphatic hydroxyl groups excluding tert-OH is 1. The number of carbonyl (C=O) groups excluding carboxylic acids is 4. The molecule has 0 aromatic carbocycles. The van der Waals surface area contributed by atoms with E-state index >= 15 is 0 Å². The molecule has 38 heavy (non-hydrogen) atoms. The summed E-state index contributed by atoms with van der Waals surface area (Å²) in [7, 11) is 0. The second-order valence-electron chi connectivity index (χ2n) is 12.0. The van der Waals surface area contributed by atoms with Gasteiger partial charge in [0.2, 0.25) is 5.78 Å². The largest absolute Gasteiger partial charge is 0.509 e. The van der Waals surface area contributed by atoms with Crippen molar-refractivity contribution in [1.82, 2.24) is 0 Å². The van der Waals surface area contributed by atoms with Crippen LogP contribution >= 0.6 is 0 Å². The summed E-state index contributed by atoms with van der Waals surface area (Å²) in [6.07, 6.45) is 8.57. The van der Waals surface area contributed by atoms with Crippen LogP contribution in [0.1, 0.15) is 85.5 Å². The Labute approximate surface area is 225 Å². The fourth-order valence-electron chi connectivity index (χ4n) is 8.01. The summed E-state index contributed by atoms with van der Waals surface area (Å²) >= 11 is 0. The molecule has 210 valence electrons. The second kappa shape index (κ2) is 10.9. The van der Waals surface area contributed by atoms with E-state index in [1.54, 1.807) is 12.2 Å². The van der Waals surface area contributed by atoms with E-state index < -0.39 is 47.0 Å². The van der Waals surface area contributed by atoms with Gasteiger partial charge in [0, 0.05) is 23.2 Å². The quantitative estimate of drug-likeness (QED) is 0.420. The number of allylic oxidation sites excluding steroid dienone is 4. The molecule has 7 atom stereocenters. The van der Waals surface area contributed by atoms with E-state index in [0.717, 1.165) is 24.8 Å². The standard InChI is InChI=1S/C30H42O8/c1-5-7-8-25(34)37-18-24(33)30(38-27(35)36-15-6-2)14-12-22-21-10-9-19-16-20(31)11-13-28(19,3)26(21)23(32)17-29(22,30)4/h11,13,16,21-23,26,32H,5-10,12,14-15,17-18H2,1-4H3/t21-,22-,23?,26+,28-,29-,30-/m0/s1. The molecule has 1 unspecified atom stereocenters. The number of aliphatic hydroxyl groups is 1. The van der Waals surface area contributed by atoms with E-state index in [1.165, 1.54) is 0 Å². The highest BCUT2D eigenvalue weighted by atomic mass is 16.7. The first kappa shape index (κ1) is 28.5. The Bertz CT molecular complexity index is 1030. The maximum absolute atomic E-state index is 13.9. The molecule has 0 aliphatic heterocycles. The number of ether oxygens (including phenoxy) is 3. The average molecular weight is 531 g/mol. The van der Waals surface area contributed by atoms with Crippen LogP contribution in [0.4, 0.5) is 4.79 Å². The molecule has 0 spiro atoms. The molecule has 4 rings (SSSR count). The Hall–Kier alpha value is -2.48. The highest BCUT2D eigenvalue weighted by Gasteiger charge is 2.70. The minimum Gasteiger partial charge on any atom is -0.457 e. The van der Waals surface area contributed by atoms with Gasteiger partial charge < -0.3 is 19.3 Å². The number of Topliss-reactive ketones (excluding diaryl/α,β-unsaturated/α-hetero) is 1. The summed E-state index contributed by atoms with van der Waals surface area (Å²) in [5.74, 6) is -0.985. The maximum atomic E-state index is 13.9. The highest BCUT2D eigenvalue weighted by molar-refractivity contribution is 6.01. The van der Waals surface area contributed by atoms with E-state index in [9.17, 15) is 24.3 Å². The predicted molar refractivity (Wildman–Crippen MR) is 139 cm³/mol. The van der Waals surface area contributed by atoms with Crippen molar-refractivity contribution in [3.05, 3.63) is 23.8 Å². The van der Waals surface area contributed by atoms with Gasteiger partial charge in [-0.15, -0.1) is 0 Å². The summed E-state index contributed by atoms with van der Waals surface area (Å²) < 4.78 is 16.5. The van der Waals surface area contributed by atoms with Crippen molar-refractivity contribution >= 4 is 23.7 Å². The zero-order valence-electron chi connectivity index (χ0n) is 23.1. The molecule has 3 saturated carbocycles. The normalized spacial score (nSPS) is 37.4. The summed E-state index contributed by atoms with van der Waals surface area (Å²) in [4.78, 5) is 50.9. The van der Waals surface area contributed by atoms with Gasteiger partial charge in [-0.1, -0.05) is 45.8 Å². The van der Waals surface area contributed by atoms with Crippen molar-refractivity contribution in [1.29, 1.82) is 0 Å². The number of rotatable bonds is 9. The molecule has 3 fully saturated rings. The van der Waals surface area contributed by atoms with Gasteiger partial charge in [-0.3, -0.25) is 14.4 Å². The Morgan fingerprint density at radius 1 is 1.11 bits per heavy atom. The van der Waals surface area contributed by atoms with Crippen LogP contribution in [0.3, 0.4) is 0 Å². The van der Waals surface area contributed by atoms with E-state index in [1.807, 2.05) is 26.8 Å². The van der Waals surface area contributed by atoms with Gasteiger partial charge in [0.1, 0.15) is 0 Å². The van der Waals surface area contributed by atoms with Crippen LogP contribution in [0.25, 0.3) is 0 Å². The van der Waals surface area contributed by atoms with Gasteiger partial charge in [-0.05, 0) is 68.9 Å². The summed E-state index contributed by atoms with van der Waals surface area (Å²) in [5.41, 5.74) is -1.82. The first-order chi connectivity index (χ1) is 18.0. The van der Waals surface area contributed by atoms with Crippen molar-refractivity contribution in [2.45, 2.75) is 97.2 Å². The predicted octanol–water partition coefficient (Wildman–Crippen LogP) is 4.87. The zero-order valence-corrected chi connectivity index (χ0v) is 23.1. The highest BCUT2D eigenvalue weighted by Crippen LogP contribution is 2.68. The lowest BCUT2D eigenvalue weighted by atomic mass is 9.46. The van der Waals surface area contributed by atoms with E-state index in [-0.39, 0.29) is 49.4 Å². The van der Waals surface area contributed by atoms with Crippen LogP contribution in [-0.2, 0) is 28.6 Å². The van der Waals surface area contributed by atoms with E-state index in [0.29, 0.717) is 19.3 Å². The maximum Gasteiger partial charge on any atom is 0.509 e. The van der Waals surface area contributed by atoms with Crippen molar-refractivity contribution < 1.29 is 38.5 Å². The molecule has 0 heterocycles. The molecule has 0 radical (unpaired) electrons. The molecule has 1 N–H and O–H groups in total. The van der Waals surface area contributed by atoms with Gasteiger partial charge in [0.05, 0.1) is 12.7 Å². The summed E-state index contributed by atoms with van der Waals surface area (Å²) in [5, 5.41) is 11.7. The first-order valence-electron chi connectivity index (χ1n) is 14.2. The smallest absolute Gasteiger partial charge is 0.457 e. The van der Waals surface area contributed by atoms with E-state index in [4.69, 9.17) is 14.2 Å². The molecule has 0 saturated heterocycles. The monoisotopic (exact) mass is 530 g/mol. The Kier molecular flexibility index (Phi) is 8.22. The minimum absolute atomic E-state index is 0.000906. The van der Waals surface area contributed by atoms with Crippen molar-refractivity contribution in [2.75, 3.05) is 13.2 Å². The molecule has 8 nitrogen and oxygen atoms in total. The number of unbranched alkanes of at least 4 members (excludes halogenated alkanes) is 1. The summed E-state index contributed by atoms with van der Waals surface area (Å²) in [6.45, 7) is 7.55. The number of carbonyl (C=O) groups is 4. The fraction of sp³-hybridized carbons (Fsp3) is 0.733. The molecule has 0 aromatic rings. The number of fused-ring (bicyclic) bond motifs is 5. The van der Waals surface area contributed by atoms with Crippen LogP contribution in [-0.4, -0.2) is 53.7 Å². The number of hydrogen-bond acceptors (Lipinski definition) is 8. The van der Waals surface area contributed by atoms with Crippen LogP contribution in [0.5, 0.6) is 0 Å². The summed E-state index contributed by atoms with van der Waals surface area (Å²) in [6, 6.07) is 0. The molecule has 0 aromatic heterocycles. The lowest BCUT2D eigenvalue weighted by Crippen LogP contribution is -2.63. The van der Waals surface area contributed by atoms with Gasteiger partial charge in [-0.2, -0.15) is 0 Å². The first-order valence-corrected chi connectivity index (χ1v) is 14.2. The fourth-order valence-corrected chi connectivity index (χ4v) is 8.01. The van der Waals surface area contributed by atoms with Crippen LogP contribution in [0.2, 0.25) is 0 Å². The Morgan fingerprint density at radius 3 is 2.58 bits per heavy atom. The van der Waals surface area contributed by atoms with Crippen LogP contribution < -0.4 is 0 Å². The lowest BCUT2D eigenvalue weighted by Gasteiger charge is -2.59. The molecule has 0 amide bonds. The SMILES string of the molecule is CCCCC(=O)OCC(=O)[C@@]1(OC(=O)OCCC)CC[C@H]2[C@@H]3CCC4=CC(=O)C=C[C@]4(C)[C@H]3C(O)C[C@@]21C. The third-order valence-corrected chi connectivity index (χ3v) is 9.85. The lowest BCUT2D eigenvalue weighted by molar-refractivity contribution is -0.186. The molecular weight excluding hydrogens is 488 g/mol.